The van der Waals surface area contributed by atoms with E-state index >= 15 is 0 Å². The summed E-state index contributed by atoms with van der Waals surface area (Å²) >= 11 is 0. The summed E-state index contributed by atoms with van der Waals surface area (Å²) in [4.78, 5) is 0. The summed E-state index contributed by atoms with van der Waals surface area (Å²) < 4.78 is 13.9. The fourth-order valence-corrected chi connectivity index (χ4v) is 2.27. The normalized spacial score (nSPS) is 12.4. The first-order valence-electron chi connectivity index (χ1n) is 6.13. The Bertz CT molecular complexity index is 549. The van der Waals surface area contributed by atoms with Crippen molar-refractivity contribution in [2.45, 2.75) is 19.9 Å². The van der Waals surface area contributed by atoms with E-state index in [0.29, 0.717) is 5.56 Å². The van der Waals surface area contributed by atoms with Crippen molar-refractivity contribution in [3.63, 3.8) is 0 Å². The van der Waals surface area contributed by atoms with E-state index in [1.807, 2.05) is 25.2 Å². The zero-order valence-electron chi connectivity index (χ0n) is 11.0. The Hall–Kier alpha value is -1.67. The molecule has 18 heavy (non-hydrogen) atoms. The molecule has 1 nitrogen and oxygen atoms in total. The number of nitrogens with one attached hydrogen (secondary N) is 1. The van der Waals surface area contributed by atoms with Crippen LogP contribution in [0, 0.1) is 19.7 Å². The Morgan fingerprint density at radius 3 is 2.28 bits per heavy atom. The summed E-state index contributed by atoms with van der Waals surface area (Å²) in [6.07, 6.45) is 0. The first-order valence-corrected chi connectivity index (χ1v) is 6.13. The molecule has 2 rings (SSSR count). The predicted octanol–water partition coefficient (Wildman–Crippen LogP) is 3.75. The monoisotopic (exact) mass is 243 g/mol. The highest BCUT2D eigenvalue weighted by molar-refractivity contribution is 5.40. The lowest BCUT2D eigenvalue weighted by Crippen LogP contribution is -2.20. The first-order chi connectivity index (χ1) is 8.65. The molecule has 0 spiro atoms. The van der Waals surface area contributed by atoms with Gasteiger partial charge in [-0.1, -0.05) is 36.4 Å². The number of aryl methyl sites for hydroxylation is 1. The van der Waals surface area contributed by atoms with Gasteiger partial charge in [0.1, 0.15) is 5.82 Å². The highest BCUT2D eigenvalue weighted by Gasteiger charge is 2.17. The van der Waals surface area contributed by atoms with Gasteiger partial charge in [-0.05, 0) is 43.7 Å². The third-order valence-corrected chi connectivity index (χ3v) is 3.46. The molecule has 0 aliphatic heterocycles. The molecule has 0 saturated heterocycles. The maximum atomic E-state index is 13.9. The van der Waals surface area contributed by atoms with Crippen LogP contribution in [0.4, 0.5) is 4.39 Å². The van der Waals surface area contributed by atoms with Gasteiger partial charge in [0.25, 0.3) is 0 Å². The van der Waals surface area contributed by atoms with E-state index in [-0.39, 0.29) is 11.9 Å². The molecule has 2 aromatic carbocycles. The smallest absolute Gasteiger partial charge is 0.128 e. The van der Waals surface area contributed by atoms with E-state index in [0.717, 1.165) is 5.56 Å². The molecule has 0 aromatic heterocycles. The Morgan fingerprint density at radius 2 is 1.61 bits per heavy atom. The molecule has 0 fully saturated rings. The fraction of sp³-hybridized carbons (Fsp3) is 0.250. The molecular formula is C16H18FN. The first kappa shape index (κ1) is 12.8. The molecule has 2 heteroatoms. The maximum Gasteiger partial charge on any atom is 0.128 e. The Balaban J connectivity index is 2.53. The predicted molar refractivity (Wildman–Crippen MR) is 73.2 cm³/mol. The molecule has 2 aromatic rings. The SMILES string of the molecule is CNC(c1ccccc1F)c1cccc(C)c1C. The van der Waals surface area contributed by atoms with Crippen LogP contribution in [0.1, 0.15) is 28.3 Å². The highest BCUT2D eigenvalue weighted by Crippen LogP contribution is 2.27. The van der Waals surface area contributed by atoms with E-state index in [1.54, 1.807) is 6.07 Å². The minimum Gasteiger partial charge on any atom is -0.309 e. The van der Waals surface area contributed by atoms with Gasteiger partial charge in [-0.2, -0.15) is 0 Å². The van der Waals surface area contributed by atoms with Crippen molar-refractivity contribution in [1.82, 2.24) is 5.32 Å². The van der Waals surface area contributed by atoms with Crippen molar-refractivity contribution >= 4 is 0 Å². The van der Waals surface area contributed by atoms with Crippen molar-refractivity contribution < 1.29 is 4.39 Å². The Kier molecular flexibility index (Phi) is 3.78. The van der Waals surface area contributed by atoms with Crippen LogP contribution in [0.5, 0.6) is 0 Å². The maximum absolute atomic E-state index is 13.9. The van der Waals surface area contributed by atoms with Gasteiger partial charge < -0.3 is 5.32 Å². The van der Waals surface area contributed by atoms with Crippen molar-refractivity contribution in [2.24, 2.45) is 0 Å². The number of benzene rings is 2. The molecule has 0 aliphatic carbocycles. The Labute approximate surface area is 108 Å². The van der Waals surface area contributed by atoms with Gasteiger partial charge in [0.15, 0.2) is 0 Å². The number of hydrogen-bond donors (Lipinski definition) is 1. The van der Waals surface area contributed by atoms with E-state index in [9.17, 15) is 4.39 Å². The van der Waals surface area contributed by atoms with Gasteiger partial charge in [0.2, 0.25) is 0 Å². The molecule has 0 heterocycles. The topological polar surface area (TPSA) is 12.0 Å². The van der Waals surface area contributed by atoms with E-state index in [2.05, 4.69) is 31.3 Å². The van der Waals surface area contributed by atoms with Crippen LogP contribution in [0.2, 0.25) is 0 Å². The summed E-state index contributed by atoms with van der Waals surface area (Å²) in [6.45, 7) is 4.16. The van der Waals surface area contributed by atoms with Gasteiger partial charge in [-0.25, -0.2) is 4.39 Å². The van der Waals surface area contributed by atoms with Crippen molar-refractivity contribution in [2.75, 3.05) is 7.05 Å². The van der Waals surface area contributed by atoms with E-state index in [1.165, 1.54) is 17.2 Å². The zero-order valence-corrected chi connectivity index (χ0v) is 11.0. The van der Waals surface area contributed by atoms with Crippen LogP contribution in [0.15, 0.2) is 42.5 Å². The summed E-state index contributed by atoms with van der Waals surface area (Å²) in [5.74, 6) is -0.169. The standard InChI is InChI=1S/C16H18FN/c1-11-7-6-9-13(12(11)2)16(18-3)14-8-4-5-10-15(14)17/h4-10,16,18H,1-3H3. The number of rotatable bonds is 3. The number of halogens is 1. The number of hydrogen-bond acceptors (Lipinski definition) is 1. The second-order valence-electron chi connectivity index (χ2n) is 4.53. The third-order valence-electron chi connectivity index (χ3n) is 3.46. The van der Waals surface area contributed by atoms with Crippen molar-refractivity contribution in [3.05, 3.63) is 70.5 Å². The molecule has 1 atom stereocenters. The van der Waals surface area contributed by atoms with Crippen molar-refractivity contribution in [3.8, 4) is 0 Å². The molecule has 1 N–H and O–H groups in total. The highest BCUT2D eigenvalue weighted by atomic mass is 19.1. The summed E-state index contributed by atoms with van der Waals surface area (Å²) in [6, 6.07) is 13.0. The molecule has 1 unspecified atom stereocenters. The molecule has 0 aliphatic rings. The second kappa shape index (κ2) is 5.32. The van der Waals surface area contributed by atoms with Crippen LogP contribution in [-0.2, 0) is 0 Å². The van der Waals surface area contributed by atoms with Gasteiger partial charge in [-0.3, -0.25) is 0 Å². The van der Waals surface area contributed by atoms with Gasteiger partial charge >= 0.3 is 0 Å². The molecule has 0 amide bonds. The molecule has 0 radical (unpaired) electrons. The lowest BCUT2D eigenvalue weighted by Gasteiger charge is -2.21. The van der Waals surface area contributed by atoms with E-state index < -0.39 is 0 Å². The van der Waals surface area contributed by atoms with Gasteiger partial charge in [0, 0.05) is 5.56 Å². The largest absolute Gasteiger partial charge is 0.309 e. The lowest BCUT2D eigenvalue weighted by atomic mass is 9.92. The van der Waals surface area contributed by atoms with Crippen LogP contribution >= 0.6 is 0 Å². The lowest BCUT2D eigenvalue weighted by molar-refractivity contribution is 0.575. The summed E-state index contributed by atoms with van der Waals surface area (Å²) in [5, 5.41) is 3.20. The average Bonchev–Trinajstić information content (AvgIpc) is 2.37. The summed E-state index contributed by atoms with van der Waals surface area (Å²) in [5.41, 5.74) is 4.25. The minimum atomic E-state index is -0.169. The van der Waals surface area contributed by atoms with Crippen LogP contribution in [0.3, 0.4) is 0 Å². The third kappa shape index (κ3) is 2.29. The van der Waals surface area contributed by atoms with Gasteiger partial charge in [0.05, 0.1) is 6.04 Å². The zero-order chi connectivity index (χ0) is 13.1. The quantitative estimate of drug-likeness (QED) is 0.865. The molecule has 0 bridgehead atoms. The van der Waals surface area contributed by atoms with Crippen molar-refractivity contribution in [1.29, 1.82) is 0 Å². The summed E-state index contributed by atoms with van der Waals surface area (Å²) in [7, 11) is 1.86. The molecule has 94 valence electrons. The van der Waals surface area contributed by atoms with Crippen LogP contribution in [-0.4, -0.2) is 7.05 Å². The fourth-order valence-electron chi connectivity index (χ4n) is 2.27. The molecular weight excluding hydrogens is 225 g/mol. The van der Waals surface area contributed by atoms with Gasteiger partial charge in [-0.15, -0.1) is 0 Å². The van der Waals surface area contributed by atoms with E-state index in [4.69, 9.17) is 0 Å². The minimum absolute atomic E-state index is 0.105. The Morgan fingerprint density at radius 1 is 0.944 bits per heavy atom. The van der Waals surface area contributed by atoms with Crippen LogP contribution < -0.4 is 5.32 Å². The average molecular weight is 243 g/mol. The second-order valence-corrected chi connectivity index (χ2v) is 4.53. The van der Waals surface area contributed by atoms with Crippen LogP contribution in [0.25, 0.3) is 0 Å². The molecule has 0 saturated carbocycles.